The third-order valence-corrected chi connectivity index (χ3v) is 8.06. The van der Waals surface area contributed by atoms with Crippen molar-refractivity contribution >= 4 is 23.2 Å². The van der Waals surface area contributed by atoms with Gasteiger partial charge in [-0.1, -0.05) is 48.0 Å². The lowest BCUT2D eigenvalue weighted by atomic mass is 9.92. The van der Waals surface area contributed by atoms with E-state index in [0.717, 1.165) is 13.0 Å². The summed E-state index contributed by atoms with van der Waals surface area (Å²) in [5.41, 5.74) is 4.52. The van der Waals surface area contributed by atoms with Crippen molar-refractivity contribution in [1.29, 1.82) is 0 Å². The normalized spacial score (nSPS) is 20.8. The number of piperazine rings is 1. The molecule has 0 radical (unpaired) electrons. The smallest absolute Gasteiger partial charge is 0.254 e. The standard InChI is InChI=1S/C28H31N3O2S/c1-20-8-10-22(11-9-20)27-24-13-17-34-25(24)12-14-30(27)19-26(32)29-15-16-31(21(2)18-29)28(33)23-6-4-3-5-7-23/h3-11,13,17,21,27H,12,14-16,18-19H2,1-2H3/t21-,27-/m1/s1. The van der Waals surface area contributed by atoms with Crippen molar-refractivity contribution in [1.82, 2.24) is 14.7 Å². The highest BCUT2D eigenvalue weighted by Crippen LogP contribution is 2.37. The molecule has 3 aromatic rings. The molecule has 0 aliphatic carbocycles. The largest absolute Gasteiger partial charge is 0.338 e. The summed E-state index contributed by atoms with van der Waals surface area (Å²) in [5.74, 6) is 0.190. The Morgan fingerprint density at radius 2 is 1.74 bits per heavy atom. The maximum absolute atomic E-state index is 13.4. The van der Waals surface area contributed by atoms with Gasteiger partial charge in [-0.2, -0.15) is 0 Å². The fraction of sp³-hybridized carbons (Fsp3) is 0.357. The van der Waals surface area contributed by atoms with E-state index in [1.165, 1.54) is 21.6 Å². The second kappa shape index (κ2) is 9.72. The molecule has 0 saturated carbocycles. The highest BCUT2D eigenvalue weighted by atomic mass is 32.1. The van der Waals surface area contributed by atoms with Crippen molar-refractivity contribution in [3.8, 4) is 0 Å². The van der Waals surface area contributed by atoms with Gasteiger partial charge in [0.15, 0.2) is 0 Å². The van der Waals surface area contributed by atoms with Gasteiger partial charge >= 0.3 is 0 Å². The molecular weight excluding hydrogens is 442 g/mol. The predicted octanol–water partition coefficient (Wildman–Crippen LogP) is 4.38. The Labute approximate surface area is 205 Å². The van der Waals surface area contributed by atoms with Gasteiger partial charge in [0.1, 0.15) is 0 Å². The molecule has 34 heavy (non-hydrogen) atoms. The van der Waals surface area contributed by atoms with E-state index in [1.807, 2.05) is 58.4 Å². The number of carbonyl (C=O) groups excluding carboxylic acids is 2. The van der Waals surface area contributed by atoms with Crippen molar-refractivity contribution in [2.45, 2.75) is 32.4 Å². The lowest BCUT2D eigenvalue weighted by Gasteiger charge is -2.42. The number of carbonyl (C=O) groups is 2. The first kappa shape index (κ1) is 22.8. The molecule has 2 aliphatic heterocycles. The molecule has 5 nitrogen and oxygen atoms in total. The van der Waals surface area contributed by atoms with Crippen LogP contribution in [0.5, 0.6) is 0 Å². The van der Waals surface area contributed by atoms with Gasteiger partial charge in [0.05, 0.1) is 12.6 Å². The van der Waals surface area contributed by atoms with Crippen LogP contribution < -0.4 is 0 Å². The summed E-state index contributed by atoms with van der Waals surface area (Å²) in [6.45, 7) is 7.13. The van der Waals surface area contributed by atoms with E-state index in [4.69, 9.17) is 0 Å². The van der Waals surface area contributed by atoms with Crippen molar-refractivity contribution in [2.75, 3.05) is 32.7 Å². The van der Waals surface area contributed by atoms with Crippen LogP contribution in [0, 0.1) is 6.92 Å². The summed E-state index contributed by atoms with van der Waals surface area (Å²) < 4.78 is 0. The summed E-state index contributed by atoms with van der Waals surface area (Å²) in [4.78, 5) is 33.9. The van der Waals surface area contributed by atoms with E-state index in [9.17, 15) is 9.59 Å². The third-order valence-electron chi connectivity index (χ3n) is 7.06. The predicted molar refractivity (Wildman–Crippen MR) is 136 cm³/mol. The summed E-state index contributed by atoms with van der Waals surface area (Å²) in [6.07, 6.45) is 0.985. The second-order valence-electron chi connectivity index (χ2n) is 9.39. The number of thiophene rings is 1. The number of rotatable bonds is 4. The molecule has 6 heteroatoms. The SMILES string of the molecule is Cc1ccc([C@@H]2c3ccsc3CCN2CC(=O)N2CCN(C(=O)c3ccccc3)[C@H](C)C2)cc1. The molecular formula is C28H31N3O2S. The summed E-state index contributed by atoms with van der Waals surface area (Å²) in [6, 6.07) is 20.4. The van der Waals surface area contributed by atoms with Gasteiger partial charge in [-0.15, -0.1) is 11.3 Å². The highest BCUT2D eigenvalue weighted by molar-refractivity contribution is 7.10. The average molecular weight is 474 g/mol. The fourth-order valence-corrected chi connectivity index (χ4v) is 6.09. The van der Waals surface area contributed by atoms with Gasteiger partial charge in [0.25, 0.3) is 5.91 Å². The first-order valence-corrected chi connectivity index (χ1v) is 12.9. The van der Waals surface area contributed by atoms with E-state index < -0.39 is 0 Å². The highest BCUT2D eigenvalue weighted by Gasteiger charge is 2.34. The fourth-order valence-electron chi connectivity index (χ4n) is 5.18. The average Bonchev–Trinajstić information content (AvgIpc) is 3.33. The van der Waals surface area contributed by atoms with Crippen LogP contribution in [0.25, 0.3) is 0 Å². The van der Waals surface area contributed by atoms with Crippen LogP contribution in [-0.4, -0.2) is 65.3 Å². The van der Waals surface area contributed by atoms with Crippen molar-refractivity contribution < 1.29 is 9.59 Å². The summed E-state index contributed by atoms with van der Waals surface area (Å²) in [5, 5.41) is 2.17. The molecule has 3 heterocycles. The molecule has 2 atom stereocenters. The number of hydrogen-bond donors (Lipinski definition) is 0. The van der Waals surface area contributed by atoms with Crippen LogP contribution >= 0.6 is 11.3 Å². The van der Waals surface area contributed by atoms with Crippen LogP contribution in [-0.2, 0) is 11.2 Å². The number of fused-ring (bicyclic) bond motifs is 1. The maximum Gasteiger partial charge on any atom is 0.254 e. The van der Waals surface area contributed by atoms with Crippen LogP contribution in [0.3, 0.4) is 0 Å². The minimum Gasteiger partial charge on any atom is -0.338 e. The van der Waals surface area contributed by atoms with Gasteiger partial charge in [0.2, 0.25) is 5.91 Å². The van der Waals surface area contributed by atoms with Gasteiger partial charge < -0.3 is 9.80 Å². The zero-order valence-electron chi connectivity index (χ0n) is 19.8. The van der Waals surface area contributed by atoms with E-state index in [0.29, 0.717) is 31.7 Å². The third kappa shape index (κ3) is 4.52. The van der Waals surface area contributed by atoms with Gasteiger partial charge in [-0.25, -0.2) is 0 Å². The summed E-state index contributed by atoms with van der Waals surface area (Å²) in [7, 11) is 0. The Morgan fingerprint density at radius 1 is 0.971 bits per heavy atom. The molecule has 5 rings (SSSR count). The quantitative estimate of drug-likeness (QED) is 0.565. The molecule has 0 N–H and O–H groups in total. The number of benzene rings is 2. The molecule has 1 fully saturated rings. The Balaban J connectivity index is 1.28. The Morgan fingerprint density at radius 3 is 2.47 bits per heavy atom. The van der Waals surface area contributed by atoms with E-state index >= 15 is 0 Å². The zero-order valence-corrected chi connectivity index (χ0v) is 20.6. The topological polar surface area (TPSA) is 43.9 Å². The first-order chi connectivity index (χ1) is 16.5. The molecule has 0 spiro atoms. The molecule has 2 aliphatic rings. The minimum atomic E-state index is -0.0110. The second-order valence-corrected chi connectivity index (χ2v) is 10.4. The number of amides is 2. The van der Waals surface area contributed by atoms with Crippen LogP contribution in [0.4, 0.5) is 0 Å². The van der Waals surface area contributed by atoms with Crippen LogP contribution in [0.1, 0.15) is 44.9 Å². The molecule has 1 aromatic heterocycles. The van der Waals surface area contributed by atoms with E-state index in [1.54, 1.807) is 0 Å². The lowest BCUT2D eigenvalue weighted by Crippen LogP contribution is -2.57. The van der Waals surface area contributed by atoms with Crippen molar-refractivity contribution in [3.63, 3.8) is 0 Å². The number of hydrogen-bond acceptors (Lipinski definition) is 4. The Hall–Kier alpha value is -2.96. The van der Waals surface area contributed by atoms with Gasteiger partial charge in [-0.3, -0.25) is 14.5 Å². The molecule has 2 amide bonds. The summed E-state index contributed by atoms with van der Waals surface area (Å²) >= 11 is 1.82. The van der Waals surface area contributed by atoms with Crippen molar-refractivity contribution in [3.05, 3.63) is 93.2 Å². The Kier molecular flexibility index (Phi) is 6.53. The monoisotopic (exact) mass is 473 g/mol. The van der Waals surface area contributed by atoms with E-state index in [2.05, 4.69) is 47.5 Å². The van der Waals surface area contributed by atoms with Crippen LogP contribution in [0.2, 0.25) is 0 Å². The zero-order chi connectivity index (χ0) is 23.7. The van der Waals surface area contributed by atoms with E-state index in [-0.39, 0.29) is 23.9 Å². The lowest BCUT2D eigenvalue weighted by molar-refractivity contribution is -0.135. The molecule has 176 valence electrons. The molecule has 1 saturated heterocycles. The van der Waals surface area contributed by atoms with Crippen LogP contribution in [0.15, 0.2) is 66.0 Å². The number of nitrogens with zero attached hydrogens (tertiary/aromatic N) is 3. The molecule has 0 unspecified atom stereocenters. The minimum absolute atomic E-state index is 0.0110. The molecule has 0 bridgehead atoms. The van der Waals surface area contributed by atoms with Gasteiger partial charge in [-0.05, 0) is 55.0 Å². The van der Waals surface area contributed by atoms with Gasteiger partial charge in [0, 0.05) is 42.7 Å². The molecule has 2 aromatic carbocycles. The number of aryl methyl sites for hydroxylation is 1. The maximum atomic E-state index is 13.4. The Bertz CT molecular complexity index is 1160. The first-order valence-electron chi connectivity index (χ1n) is 12.0. The van der Waals surface area contributed by atoms with Crippen molar-refractivity contribution in [2.24, 2.45) is 0 Å².